The highest BCUT2D eigenvalue weighted by Crippen LogP contribution is 2.40. The number of carbonyl (C=O) groups excluding carboxylic acids is 2. The lowest BCUT2D eigenvalue weighted by Crippen LogP contribution is -2.35. The number of nitrogens with zero attached hydrogens (tertiary/aromatic N) is 2. The van der Waals surface area contributed by atoms with Crippen LogP contribution in [0.2, 0.25) is 0 Å². The van der Waals surface area contributed by atoms with E-state index in [1.54, 1.807) is 48.5 Å². The lowest BCUT2D eigenvalue weighted by molar-refractivity contribution is -0.140. The first-order valence-corrected chi connectivity index (χ1v) is 10.7. The van der Waals surface area contributed by atoms with Crippen molar-refractivity contribution >= 4 is 33.4 Å². The SMILES string of the molecule is C=CCOc1cccc([C@@H]2C(=C(O)c3ccc(Br)cc3)C(=O)C(=O)N2CCN(C)C)c1. The quantitative estimate of drug-likeness (QED) is 0.265. The fraction of sp³-hybridized carbons (Fsp3) is 0.250. The molecule has 162 valence electrons. The molecular formula is C24H25BrN2O4. The van der Waals surface area contributed by atoms with Crippen molar-refractivity contribution in [1.82, 2.24) is 9.80 Å². The van der Waals surface area contributed by atoms with E-state index in [2.05, 4.69) is 22.5 Å². The second-order valence-corrected chi connectivity index (χ2v) is 8.39. The van der Waals surface area contributed by atoms with Crippen LogP contribution in [-0.4, -0.2) is 60.4 Å². The number of halogens is 1. The Hall–Kier alpha value is -2.90. The molecule has 0 bridgehead atoms. The standard InChI is InChI=1S/C24H25BrN2O4/c1-4-14-31-19-7-5-6-17(15-19)21-20(22(28)16-8-10-18(25)11-9-16)23(29)24(30)27(21)13-12-26(2)3/h4-11,15,21,28H,1,12-14H2,2-3H3/t21-/m1/s1. The molecule has 1 fully saturated rings. The van der Waals surface area contributed by atoms with Crippen molar-refractivity contribution in [3.05, 3.63) is 82.4 Å². The molecule has 1 amide bonds. The van der Waals surface area contributed by atoms with Crippen LogP contribution in [0, 0.1) is 0 Å². The molecule has 1 aliphatic rings. The maximum absolute atomic E-state index is 13.0. The molecule has 2 aromatic carbocycles. The zero-order valence-electron chi connectivity index (χ0n) is 17.5. The lowest BCUT2D eigenvalue weighted by Gasteiger charge is -2.26. The van der Waals surface area contributed by atoms with Gasteiger partial charge in [0.25, 0.3) is 11.7 Å². The highest BCUT2D eigenvalue weighted by molar-refractivity contribution is 9.10. The van der Waals surface area contributed by atoms with Crippen molar-refractivity contribution in [2.24, 2.45) is 0 Å². The smallest absolute Gasteiger partial charge is 0.295 e. The van der Waals surface area contributed by atoms with E-state index in [-0.39, 0.29) is 11.3 Å². The first kappa shape index (κ1) is 22.8. The topological polar surface area (TPSA) is 70.1 Å². The fourth-order valence-electron chi connectivity index (χ4n) is 3.46. The summed E-state index contributed by atoms with van der Waals surface area (Å²) in [7, 11) is 3.80. The molecule has 1 heterocycles. The van der Waals surface area contributed by atoms with Gasteiger partial charge in [0.1, 0.15) is 18.1 Å². The zero-order chi connectivity index (χ0) is 22.5. The largest absolute Gasteiger partial charge is 0.507 e. The molecular weight excluding hydrogens is 460 g/mol. The number of ether oxygens (including phenoxy) is 1. The number of likely N-dealkylation sites (N-methyl/N-ethyl adjacent to an activating group) is 1. The Kier molecular flexibility index (Phi) is 7.30. The third-order valence-corrected chi connectivity index (χ3v) is 5.52. The van der Waals surface area contributed by atoms with Gasteiger partial charge in [-0.1, -0.05) is 52.9 Å². The Balaban J connectivity index is 2.12. The molecule has 1 N–H and O–H groups in total. The second-order valence-electron chi connectivity index (χ2n) is 7.47. The van der Waals surface area contributed by atoms with E-state index >= 15 is 0 Å². The van der Waals surface area contributed by atoms with Gasteiger partial charge in [0, 0.05) is 23.1 Å². The van der Waals surface area contributed by atoms with Crippen molar-refractivity contribution in [2.75, 3.05) is 33.8 Å². The predicted octanol–water partition coefficient (Wildman–Crippen LogP) is 4.00. The average molecular weight is 485 g/mol. The van der Waals surface area contributed by atoms with Crippen LogP contribution in [0.1, 0.15) is 17.2 Å². The van der Waals surface area contributed by atoms with Crippen LogP contribution in [-0.2, 0) is 9.59 Å². The normalized spacial score (nSPS) is 17.9. The molecule has 0 unspecified atom stereocenters. The van der Waals surface area contributed by atoms with Crippen LogP contribution >= 0.6 is 15.9 Å². The third-order valence-electron chi connectivity index (χ3n) is 4.99. The first-order valence-electron chi connectivity index (χ1n) is 9.86. The molecule has 1 atom stereocenters. The van der Waals surface area contributed by atoms with Crippen molar-refractivity contribution in [3.8, 4) is 5.75 Å². The van der Waals surface area contributed by atoms with Crippen LogP contribution < -0.4 is 4.74 Å². The van der Waals surface area contributed by atoms with Crippen LogP contribution in [0.5, 0.6) is 5.75 Å². The number of rotatable bonds is 8. The minimum absolute atomic E-state index is 0.0759. The number of ketones is 1. The molecule has 0 aromatic heterocycles. The number of likely N-dealkylation sites (tertiary alicyclic amines) is 1. The van der Waals surface area contributed by atoms with E-state index in [1.165, 1.54) is 4.90 Å². The van der Waals surface area contributed by atoms with E-state index in [9.17, 15) is 14.7 Å². The van der Waals surface area contributed by atoms with Gasteiger partial charge in [0.05, 0.1) is 11.6 Å². The Morgan fingerprint density at radius 3 is 2.58 bits per heavy atom. The molecule has 2 aromatic rings. The summed E-state index contributed by atoms with van der Waals surface area (Å²) in [4.78, 5) is 29.4. The number of hydrogen-bond donors (Lipinski definition) is 1. The van der Waals surface area contributed by atoms with Gasteiger partial charge in [0.2, 0.25) is 0 Å². The minimum Gasteiger partial charge on any atom is -0.507 e. The molecule has 31 heavy (non-hydrogen) atoms. The first-order chi connectivity index (χ1) is 14.8. The average Bonchev–Trinajstić information content (AvgIpc) is 3.01. The predicted molar refractivity (Wildman–Crippen MR) is 124 cm³/mol. The molecule has 3 rings (SSSR count). The number of Topliss-reactive ketones (excluding diaryl/α,β-unsaturated/α-hetero) is 1. The monoisotopic (exact) mass is 484 g/mol. The minimum atomic E-state index is -0.712. The van der Waals surface area contributed by atoms with Gasteiger partial charge in [-0.25, -0.2) is 0 Å². The van der Waals surface area contributed by atoms with Gasteiger partial charge >= 0.3 is 0 Å². The highest BCUT2D eigenvalue weighted by atomic mass is 79.9. The van der Waals surface area contributed by atoms with Crippen LogP contribution in [0.3, 0.4) is 0 Å². The maximum Gasteiger partial charge on any atom is 0.295 e. The fourth-order valence-corrected chi connectivity index (χ4v) is 3.72. The molecule has 1 saturated heterocycles. The number of amides is 1. The summed E-state index contributed by atoms with van der Waals surface area (Å²) in [6.07, 6.45) is 1.64. The molecule has 0 aliphatic carbocycles. The van der Waals surface area contributed by atoms with Crippen LogP contribution in [0.15, 0.2) is 71.2 Å². The summed E-state index contributed by atoms with van der Waals surface area (Å²) >= 11 is 3.37. The van der Waals surface area contributed by atoms with Gasteiger partial charge in [-0.15, -0.1) is 0 Å². The van der Waals surface area contributed by atoms with Crippen molar-refractivity contribution in [1.29, 1.82) is 0 Å². The summed E-state index contributed by atoms with van der Waals surface area (Å²) in [5.41, 5.74) is 1.24. The molecule has 0 radical (unpaired) electrons. The third kappa shape index (κ3) is 5.06. The van der Waals surface area contributed by atoms with Gasteiger partial charge in [0.15, 0.2) is 0 Å². The summed E-state index contributed by atoms with van der Waals surface area (Å²) in [6, 6.07) is 13.5. The number of hydrogen-bond acceptors (Lipinski definition) is 5. The van der Waals surface area contributed by atoms with Crippen LogP contribution in [0.25, 0.3) is 5.76 Å². The Bertz CT molecular complexity index is 1010. The molecule has 0 saturated carbocycles. The van der Waals surface area contributed by atoms with Crippen molar-refractivity contribution in [3.63, 3.8) is 0 Å². The number of carbonyl (C=O) groups is 2. The number of benzene rings is 2. The van der Waals surface area contributed by atoms with E-state index < -0.39 is 17.7 Å². The highest BCUT2D eigenvalue weighted by Gasteiger charge is 2.46. The van der Waals surface area contributed by atoms with Gasteiger partial charge in [-0.3, -0.25) is 9.59 Å². The summed E-state index contributed by atoms with van der Waals surface area (Å²) < 4.78 is 6.48. The summed E-state index contributed by atoms with van der Waals surface area (Å²) in [6.45, 7) is 4.91. The Labute approximate surface area is 190 Å². The van der Waals surface area contributed by atoms with Gasteiger partial charge < -0.3 is 19.6 Å². The number of aliphatic hydroxyl groups excluding tert-OH is 1. The Morgan fingerprint density at radius 2 is 1.94 bits per heavy atom. The van der Waals surface area contributed by atoms with E-state index in [4.69, 9.17) is 4.74 Å². The zero-order valence-corrected chi connectivity index (χ0v) is 19.1. The Morgan fingerprint density at radius 1 is 1.23 bits per heavy atom. The van der Waals surface area contributed by atoms with Crippen molar-refractivity contribution in [2.45, 2.75) is 6.04 Å². The van der Waals surface area contributed by atoms with Crippen molar-refractivity contribution < 1.29 is 19.4 Å². The number of aliphatic hydroxyl groups is 1. The van der Waals surface area contributed by atoms with Gasteiger partial charge in [-0.05, 0) is 43.9 Å². The van der Waals surface area contributed by atoms with Crippen LogP contribution in [0.4, 0.5) is 0 Å². The molecule has 0 spiro atoms. The van der Waals surface area contributed by atoms with Gasteiger partial charge in [-0.2, -0.15) is 0 Å². The molecule has 7 heteroatoms. The molecule has 1 aliphatic heterocycles. The second kappa shape index (κ2) is 9.94. The van der Waals surface area contributed by atoms with E-state index in [0.29, 0.717) is 36.6 Å². The van der Waals surface area contributed by atoms with E-state index in [0.717, 1.165) is 4.47 Å². The molecule has 6 nitrogen and oxygen atoms in total. The summed E-state index contributed by atoms with van der Waals surface area (Å²) in [5, 5.41) is 11.0. The maximum atomic E-state index is 13.0. The summed E-state index contributed by atoms with van der Waals surface area (Å²) in [5.74, 6) is -0.913. The lowest BCUT2D eigenvalue weighted by atomic mass is 9.95. The van der Waals surface area contributed by atoms with E-state index in [1.807, 2.05) is 25.1 Å².